The number of likely N-dealkylation sites (tertiary alicyclic amines) is 1. The standard InChI is InChI=1S/C28H33ClN6O5/c1-34-24(9-12-31-34)23-17-22(33-28(38)32-21-5-3-20(29)4-6-21)7-8-25(23)40-16-15-35-13-10-19(11-14-35)27(37)30-18-26(36)39-2/h3-9,12,17,19H,10-11,13-16,18H2,1-2H3,(H,30,37)(H2,32,33,38). The quantitative estimate of drug-likeness (QED) is 0.318. The molecular weight excluding hydrogens is 536 g/mol. The number of aryl methyl sites for hydroxylation is 1. The van der Waals surface area contributed by atoms with Crippen LogP contribution in [0.4, 0.5) is 16.2 Å². The Morgan fingerprint density at radius 1 is 1.02 bits per heavy atom. The zero-order valence-corrected chi connectivity index (χ0v) is 23.2. The van der Waals surface area contributed by atoms with Gasteiger partial charge in [0.25, 0.3) is 0 Å². The van der Waals surface area contributed by atoms with Crippen LogP contribution in [-0.4, -0.2) is 72.5 Å². The summed E-state index contributed by atoms with van der Waals surface area (Å²) in [7, 11) is 3.14. The number of rotatable bonds is 10. The maximum atomic E-state index is 12.6. The molecule has 0 saturated carbocycles. The lowest BCUT2D eigenvalue weighted by molar-refractivity contribution is -0.141. The maximum Gasteiger partial charge on any atom is 0.325 e. The van der Waals surface area contributed by atoms with Crippen molar-refractivity contribution in [2.75, 3.05) is 50.5 Å². The molecular formula is C28H33ClN6O5. The van der Waals surface area contributed by atoms with Crippen molar-refractivity contribution in [1.82, 2.24) is 20.0 Å². The number of ether oxygens (including phenoxy) is 2. The zero-order valence-electron chi connectivity index (χ0n) is 22.5. The van der Waals surface area contributed by atoms with Crippen LogP contribution in [0, 0.1) is 5.92 Å². The molecule has 0 radical (unpaired) electrons. The third-order valence-corrected chi connectivity index (χ3v) is 6.95. The van der Waals surface area contributed by atoms with Crippen LogP contribution >= 0.6 is 11.6 Å². The zero-order chi connectivity index (χ0) is 28.5. The van der Waals surface area contributed by atoms with Crippen molar-refractivity contribution in [2.45, 2.75) is 12.8 Å². The minimum absolute atomic E-state index is 0.107. The molecule has 0 unspecified atom stereocenters. The predicted octanol–water partition coefficient (Wildman–Crippen LogP) is 3.76. The Hall–Kier alpha value is -4.09. The summed E-state index contributed by atoms with van der Waals surface area (Å²) >= 11 is 5.92. The van der Waals surface area contributed by atoms with Crippen molar-refractivity contribution in [1.29, 1.82) is 0 Å². The summed E-state index contributed by atoms with van der Waals surface area (Å²) in [6.45, 7) is 2.57. The molecule has 2 heterocycles. The van der Waals surface area contributed by atoms with E-state index in [1.54, 1.807) is 41.2 Å². The lowest BCUT2D eigenvalue weighted by Crippen LogP contribution is -2.43. The topological polar surface area (TPSA) is 127 Å². The highest BCUT2D eigenvalue weighted by molar-refractivity contribution is 6.30. The largest absolute Gasteiger partial charge is 0.492 e. The van der Waals surface area contributed by atoms with E-state index in [4.69, 9.17) is 16.3 Å². The smallest absolute Gasteiger partial charge is 0.325 e. The molecule has 0 atom stereocenters. The highest BCUT2D eigenvalue weighted by Gasteiger charge is 2.25. The minimum Gasteiger partial charge on any atom is -0.492 e. The second-order valence-electron chi connectivity index (χ2n) is 9.40. The predicted molar refractivity (Wildman–Crippen MR) is 152 cm³/mol. The average molecular weight is 569 g/mol. The van der Waals surface area contributed by atoms with Gasteiger partial charge in [-0.05, 0) is 74.5 Å². The normalized spacial score (nSPS) is 13.9. The number of hydrogen-bond acceptors (Lipinski definition) is 7. The number of nitrogens with zero attached hydrogens (tertiary/aromatic N) is 3. The molecule has 40 heavy (non-hydrogen) atoms. The number of piperidine rings is 1. The van der Waals surface area contributed by atoms with Crippen LogP contribution in [0.25, 0.3) is 11.3 Å². The Morgan fingerprint density at radius 3 is 2.40 bits per heavy atom. The first-order valence-electron chi connectivity index (χ1n) is 13.0. The van der Waals surface area contributed by atoms with E-state index in [0.717, 1.165) is 24.3 Å². The highest BCUT2D eigenvalue weighted by atomic mass is 35.5. The highest BCUT2D eigenvalue weighted by Crippen LogP contribution is 2.32. The number of urea groups is 1. The Balaban J connectivity index is 1.32. The Kier molecular flexibility index (Phi) is 9.98. The number of carbonyl (C=O) groups excluding carboxylic acids is 3. The van der Waals surface area contributed by atoms with E-state index in [0.29, 0.717) is 48.1 Å². The van der Waals surface area contributed by atoms with E-state index in [1.165, 1.54) is 7.11 Å². The maximum absolute atomic E-state index is 12.6. The molecule has 3 N–H and O–H groups in total. The summed E-state index contributed by atoms with van der Waals surface area (Å²) in [4.78, 5) is 38.4. The van der Waals surface area contributed by atoms with Crippen LogP contribution in [0.2, 0.25) is 5.02 Å². The molecule has 0 spiro atoms. The Morgan fingerprint density at radius 2 is 1.73 bits per heavy atom. The summed E-state index contributed by atoms with van der Waals surface area (Å²) < 4.78 is 12.5. The third kappa shape index (κ3) is 7.96. The number of nitrogens with one attached hydrogen (secondary N) is 3. The number of aromatic nitrogens is 2. The van der Waals surface area contributed by atoms with Gasteiger partial charge in [-0.15, -0.1) is 0 Å². The van der Waals surface area contributed by atoms with Crippen molar-refractivity contribution in [3.63, 3.8) is 0 Å². The molecule has 2 aromatic carbocycles. The molecule has 1 aromatic heterocycles. The monoisotopic (exact) mass is 568 g/mol. The summed E-state index contributed by atoms with van der Waals surface area (Å²) in [6.07, 6.45) is 3.13. The summed E-state index contributed by atoms with van der Waals surface area (Å²) in [6, 6.07) is 13.8. The van der Waals surface area contributed by atoms with Gasteiger partial charge in [0.05, 0.1) is 12.8 Å². The molecule has 0 bridgehead atoms. The fourth-order valence-electron chi connectivity index (χ4n) is 4.48. The first-order valence-corrected chi connectivity index (χ1v) is 13.4. The molecule has 1 aliphatic heterocycles. The summed E-state index contributed by atoms with van der Waals surface area (Å²) in [5.74, 6) is -0.0179. The molecule has 212 valence electrons. The molecule has 3 amide bonds. The van der Waals surface area contributed by atoms with Gasteiger partial charge in [0.2, 0.25) is 5.91 Å². The number of benzene rings is 2. The van der Waals surface area contributed by atoms with Crippen molar-refractivity contribution < 1.29 is 23.9 Å². The lowest BCUT2D eigenvalue weighted by atomic mass is 9.96. The van der Waals surface area contributed by atoms with Crippen molar-refractivity contribution in [3.8, 4) is 17.0 Å². The van der Waals surface area contributed by atoms with E-state index in [2.05, 4.69) is 30.7 Å². The molecule has 12 heteroatoms. The lowest BCUT2D eigenvalue weighted by Gasteiger charge is -2.31. The number of halogens is 1. The molecule has 3 aromatic rings. The van der Waals surface area contributed by atoms with Crippen LogP contribution in [0.15, 0.2) is 54.7 Å². The molecule has 0 aliphatic carbocycles. The van der Waals surface area contributed by atoms with Gasteiger partial charge in [-0.25, -0.2) is 4.79 Å². The molecule has 1 aliphatic rings. The average Bonchev–Trinajstić information content (AvgIpc) is 3.39. The number of amides is 3. The number of methoxy groups -OCH3 is 1. The minimum atomic E-state index is -0.460. The molecule has 11 nitrogen and oxygen atoms in total. The SMILES string of the molecule is COC(=O)CNC(=O)C1CCN(CCOc2ccc(NC(=O)Nc3ccc(Cl)cc3)cc2-c2ccnn2C)CC1. The number of esters is 1. The van der Waals surface area contributed by atoms with E-state index in [1.807, 2.05) is 25.2 Å². The van der Waals surface area contributed by atoms with E-state index >= 15 is 0 Å². The second kappa shape index (κ2) is 13.8. The molecule has 1 fully saturated rings. The summed E-state index contributed by atoms with van der Waals surface area (Å²) in [5, 5.41) is 13.1. The van der Waals surface area contributed by atoms with Gasteiger partial charge in [-0.2, -0.15) is 5.10 Å². The van der Waals surface area contributed by atoms with Gasteiger partial charge in [0.15, 0.2) is 0 Å². The number of hydrogen-bond donors (Lipinski definition) is 3. The van der Waals surface area contributed by atoms with Crippen LogP contribution in [-0.2, 0) is 21.4 Å². The number of carbonyl (C=O) groups is 3. The van der Waals surface area contributed by atoms with Crippen LogP contribution < -0.4 is 20.7 Å². The van der Waals surface area contributed by atoms with Crippen LogP contribution in [0.3, 0.4) is 0 Å². The van der Waals surface area contributed by atoms with Crippen LogP contribution in [0.5, 0.6) is 5.75 Å². The number of anilines is 2. The molecule has 4 rings (SSSR count). The fourth-order valence-corrected chi connectivity index (χ4v) is 4.60. The van der Waals surface area contributed by atoms with Gasteiger partial charge in [-0.3, -0.25) is 19.2 Å². The van der Waals surface area contributed by atoms with Crippen LogP contribution in [0.1, 0.15) is 12.8 Å². The molecule has 1 saturated heterocycles. The van der Waals surface area contributed by atoms with Gasteiger partial charge in [0, 0.05) is 47.7 Å². The van der Waals surface area contributed by atoms with Gasteiger partial charge in [0.1, 0.15) is 18.9 Å². The van der Waals surface area contributed by atoms with Crippen molar-refractivity contribution in [3.05, 3.63) is 59.8 Å². The third-order valence-electron chi connectivity index (χ3n) is 6.69. The van der Waals surface area contributed by atoms with E-state index in [-0.39, 0.29) is 24.4 Å². The first kappa shape index (κ1) is 28.9. The van der Waals surface area contributed by atoms with E-state index in [9.17, 15) is 14.4 Å². The van der Waals surface area contributed by atoms with E-state index < -0.39 is 5.97 Å². The Bertz CT molecular complexity index is 1320. The Labute approximate surface area is 237 Å². The first-order chi connectivity index (χ1) is 19.3. The van der Waals surface area contributed by atoms with Crippen molar-refractivity contribution in [2.24, 2.45) is 13.0 Å². The summed E-state index contributed by atoms with van der Waals surface area (Å²) in [5.41, 5.74) is 2.86. The van der Waals surface area contributed by atoms with Gasteiger partial charge in [-0.1, -0.05) is 11.6 Å². The van der Waals surface area contributed by atoms with Crippen molar-refractivity contribution >= 4 is 40.9 Å². The van der Waals surface area contributed by atoms with Gasteiger partial charge >= 0.3 is 12.0 Å². The second-order valence-corrected chi connectivity index (χ2v) is 9.83. The van der Waals surface area contributed by atoms with Gasteiger partial charge < -0.3 is 25.4 Å². The fraction of sp³-hybridized carbons (Fsp3) is 0.357.